The topological polar surface area (TPSA) is 24.9 Å². The Morgan fingerprint density at radius 3 is 2.84 bits per heavy atom. The number of nitrogens with zero attached hydrogens (tertiary/aromatic N) is 1. The summed E-state index contributed by atoms with van der Waals surface area (Å²) < 4.78 is 1.05. The third-order valence-electron chi connectivity index (χ3n) is 3.57. The molecular weight excluding hydrogens is 320 g/mol. The number of halogens is 1. The molecular formula is C15H23BrN2S. The molecule has 0 amide bonds. The molecule has 1 heterocycles. The monoisotopic (exact) mass is 342 g/mol. The normalized spacial score (nSPS) is 17.8. The maximum atomic E-state index is 4.48. The van der Waals surface area contributed by atoms with E-state index in [0.717, 1.165) is 22.7 Å². The Balaban J connectivity index is 1.82. The number of hydrogen-bond donors (Lipinski definition) is 1. The summed E-state index contributed by atoms with van der Waals surface area (Å²) in [5, 5.41) is 4.50. The maximum absolute atomic E-state index is 4.48. The van der Waals surface area contributed by atoms with Gasteiger partial charge in [0.05, 0.1) is 0 Å². The number of nitrogens with one attached hydrogen (secondary N) is 1. The SMILES string of the molecule is CCNC(CSC1CCCC1)Cc1ccc(Br)cn1. The summed E-state index contributed by atoms with van der Waals surface area (Å²) in [5.41, 5.74) is 1.18. The van der Waals surface area contributed by atoms with Crippen molar-refractivity contribution in [3.63, 3.8) is 0 Å². The fraction of sp³-hybridized carbons (Fsp3) is 0.667. The molecule has 0 aromatic carbocycles. The van der Waals surface area contributed by atoms with Gasteiger partial charge in [0.25, 0.3) is 0 Å². The highest BCUT2D eigenvalue weighted by Gasteiger charge is 2.18. The van der Waals surface area contributed by atoms with E-state index in [0.29, 0.717) is 6.04 Å². The summed E-state index contributed by atoms with van der Waals surface area (Å²) in [5.74, 6) is 1.20. The van der Waals surface area contributed by atoms with Crippen molar-refractivity contribution in [1.29, 1.82) is 0 Å². The molecule has 1 aromatic heterocycles. The van der Waals surface area contributed by atoms with Gasteiger partial charge in [0.1, 0.15) is 0 Å². The van der Waals surface area contributed by atoms with Gasteiger partial charge in [-0.2, -0.15) is 11.8 Å². The Hall–Kier alpha value is -0.0600. The molecule has 1 aliphatic rings. The Bertz CT molecular complexity index is 363. The van der Waals surface area contributed by atoms with Gasteiger partial charge in [0.2, 0.25) is 0 Å². The standard InChI is InChI=1S/C15H23BrN2S/c1-2-17-14(11-19-15-5-3-4-6-15)9-13-8-7-12(16)10-18-13/h7-8,10,14-15,17H,2-6,9,11H2,1H3. The zero-order valence-electron chi connectivity index (χ0n) is 11.6. The first-order valence-corrected chi connectivity index (χ1v) is 9.07. The molecule has 0 spiro atoms. The van der Waals surface area contributed by atoms with Gasteiger partial charge in [-0.1, -0.05) is 19.8 Å². The summed E-state index contributed by atoms with van der Waals surface area (Å²) in [6.07, 6.45) is 8.61. The molecule has 0 aliphatic heterocycles. The zero-order valence-corrected chi connectivity index (χ0v) is 14.0. The third kappa shape index (κ3) is 5.44. The van der Waals surface area contributed by atoms with Crippen LogP contribution in [-0.2, 0) is 6.42 Å². The van der Waals surface area contributed by atoms with Gasteiger partial charge in [-0.05, 0) is 47.4 Å². The fourth-order valence-electron chi connectivity index (χ4n) is 2.57. The second-order valence-corrected chi connectivity index (χ2v) is 7.42. The van der Waals surface area contributed by atoms with Gasteiger partial charge < -0.3 is 5.32 Å². The molecule has 0 bridgehead atoms. The van der Waals surface area contributed by atoms with Crippen molar-refractivity contribution in [3.05, 3.63) is 28.5 Å². The zero-order chi connectivity index (χ0) is 13.5. The van der Waals surface area contributed by atoms with Gasteiger partial charge in [-0.15, -0.1) is 0 Å². The lowest BCUT2D eigenvalue weighted by Gasteiger charge is -2.19. The van der Waals surface area contributed by atoms with Crippen molar-refractivity contribution in [2.45, 2.75) is 50.3 Å². The number of likely N-dealkylation sites (N-methyl/N-ethyl adjacent to an activating group) is 1. The van der Waals surface area contributed by atoms with E-state index in [4.69, 9.17) is 0 Å². The van der Waals surface area contributed by atoms with Crippen LogP contribution in [0.1, 0.15) is 38.3 Å². The highest BCUT2D eigenvalue weighted by molar-refractivity contribution is 9.10. The Morgan fingerprint density at radius 2 is 2.21 bits per heavy atom. The van der Waals surface area contributed by atoms with E-state index in [1.54, 1.807) is 0 Å². The van der Waals surface area contributed by atoms with Crippen molar-refractivity contribution >= 4 is 27.7 Å². The van der Waals surface area contributed by atoms with Crippen molar-refractivity contribution in [2.24, 2.45) is 0 Å². The number of thioether (sulfide) groups is 1. The minimum atomic E-state index is 0.546. The predicted molar refractivity (Wildman–Crippen MR) is 87.8 cm³/mol. The quantitative estimate of drug-likeness (QED) is 0.809. The lowest BCUT2D eigenvalue weighted by atomic mass is 10.1. The van der Waals surface area contributed by atoms with E-state index in [1.165, 1.54) is 37.1 Å². The van der Waals surface area contributed by atoms with Gasteiger partial charge in [-0.3, -0.25) is 4.98 Å². The van der Waals surface area contributed by atoms with Crippen molar-refractivity contribution < 1.29 is 0 Å². The van der Waals surface area contributed by atoms with Crippen LogP contribution in [0.25, 0.3) is 0 Å². The van der Waals surface area contributed by atoms with Crippen molar-refractivity contribution in [3.8, 4) is 0 Å². The number of aromatic nitrogens is 1. The molecule has 1 unspecified atom stereocenters. The summed E-state index contributed by atoms with van der Waals surface area (Å²) in [6.45, 7) is 3.22. The second-order valence-electron chi connectivity index (χ2n) is 5.17. The van der Waals surface area contributed by atoms with Crippen LogP contribution in [0.5, 0.6) is 0 Å². The van der Waals surface area contributed by atoms with Crippen LogP contribution in [0.15, 0.2) is 22.8 Å². The molecule has 0 saturated heterocycles. The summed E-state index contributed by atoms with van der Waals surface area (Å²) in [7, 11) is 0. The average Bonchev–Trinajstić information content (AvgIpc) is 2.92. The molecule has 2 rings (SSSR count). The molecule has 1 atom stereocenters. The Labute approximate surface area is 129 Å². The minimum absolute atomic E-state index is 0.546. The van der Waals surface area contributed by atoms with Gasteiger partial charge in [-0.25, -0.2) is 0 Å². The number of pyridine rings is 1. The number of rotatable bonds is 7. The van der Waals surface area contributed by atoms with Crippen molar-refractivity contribution in [1.82, 2.24) is 10.3 Å². The van der Waals surface area contributed by atoms with E-state index in [-0.39, 0.29) is 0 Å². The molecule has 19 heavy (non-hydrogen) atoms. The molecule has 1 aromatic rings. The number of hydrogen-bond acceptors (Lipinski definition) is 3. The maximum Gasteiger partial charge on any atom is 0.0420 e. The predicted octanol–water partition coefficient (Wildman–Crippen LogP) is 4.04. The first kappa shape index (κ1) is 15.3. The molecule has 2 nitrogen and oxygen atoms in total. The molecule has 1 N–H and O–H groups in total. The minimum Gasteiger partial charge on any atom is -0.313 e. The molecule has 4 heteroatoms. The van der Waals surface area contributed by atoms with E-state index >= 15 is 0 Å². The van der Waals surface area contributed by atoms with Crippen LogP contribution in [0.3, 0.4) is 0 Å². The van der Waals surface area contributed by atoms with Gasteiger partial charge >= 0.3 is 0 Å². The molecule has 1 aliphatic carbocycles. The molecule has 106 valence electrons. The summed E-state index contributed by atoms with van der Waals surface area (Å²) >= 11 is 5.59. The van der Waals surface area contributed by atoms with Crippen LogP contribution in [0.2, 0.25) is 0 Å². The largest absolute Gasteiger partial charge is 0.313 e. The van der Waals surface area contributed by atoms with Gasteiger partial charge in [0.15, 0.2) is 0 Å². The average molecular weight is 343 g/mol. The first-order valence-electron chi connectivity index (χ1n) is 7.23. The highest BCUT2D eigenvalue weighted by Crippen LogP contribution is 2.30. The van der Waals surface area contributed by atoms with Crippen LogP contribution in [-0.4, -0.2) is 28.6 Å². The molecule has 0 radical (unpaired) electrons. The molecule has 1 saturated carbocycles. The summed E-state index contributed by atoms with van der Waals surface area (Å²) in [6, 6.07) is 4.74. The van der Waals surface area contributed by atoms with E-state index in [2.05, 4.69) is 57.0 Å². The third-order valence-corrected chi connectivity index (χ3v) is 5.58. The first-order chi connectivity index (χ1) is 9.28. The summed E-state index contributed by atoms with van der Waals surface area (Å²) in [4.78, 5) is 4.48. The van der Waals surface area contributed by atoms with Gasteiger partial charge in [0, 0.05) is 39.8 Å². The van der Waals surface area contributed by atoms with Crippen LogP contribution >= 0.6 is 27.7 Å². The van der Waals surface area contributed by atoms with Crippen LogP contribution in [0.4, 0.5) is 0 Å². The van der Waals surface area contributed by atoms with E-state index in [1.807, 2.05) is 6.20 Å². The molecule has 1 fully saturated rings. The van der Waals surface area contributed by atoms with Crippen LogP contribution < -0.4 is 5.32 Å². The smallest absolute Gasteiger partial charge is 0.0420 e. The van der Waals surface area contributed by atoms with Crippen molar-refractivity contribution in [2.75, 3.05) is 12.3 Å². The van der Waals surface area contributed by atoms with E-state index in [9.17, 15) is 0 Å². The fourth-order valence-corrected chi connectivity index (χ4v) is 4.21. The lowest BCUT2D eigenvalue weighted by Crippen LogP contribution is -2.34. The Morgan fingerprint density at radius 1 is 1.42 bits per heavy atom. The lowest BCUT2D eigenvalue weighted by molar-refractivity contribution is 0.565. The second kappa shape index (κ2) is 8.28. The van der Waals surface area contributed by atoms with Crippen LogP contribution in [0, 0.1) is 0 Å². The highest BCUT2D eigenvalue weighted by atomic mass is 79.9. The van der Waals surface area contributed by atoms with E-state index < -0.39 is 0 Å². The Kier molecular flexibility index (Phi) is 6.68.